The molecule has 2 saturated heterocycles. The number of Topliss-reactive ketones (excluding diaryl/α,β-unsaturated/α-hetero) is 3. The molecule has 0 aromatic heterocycles. The number of hydrogen-bond acceptors (Lipinski definition) is 14. The van der Waals surface area contributed by atoms with Crippen LogP contribution in [0.2, 0.25) is 0 Å². The van der Waals surface area contributed by atoms with E-state index in [4.69, 9.17) is 34.2 Å². The lowest BCUT2D eigenvalue weighted by atomic mass is 9.78. The summed E-state index contributed by atoms with van der Waals surface area (Å²) in [5, 5.41) is 23.5. The van der Waals surface area contributed by atoms with Crippen LogP contribution in [0.4, 0.5) is 0 Å². The molecule has 3 aliphatic heterocycles. The first kappa shape index (κ1) is 57.2. The van der Waals surface area contributed by atoms with Crippen LogP contribution in [-0.2, 0) is 52.4 Å². The number of amides is 1. The number of nitrogens with two attached hydrogens (primary N) is 1. The Balaban J connectivity index is 1.70. The molecule has 0 radical (unpaired) electrons. The predicted octanol–water partition coefficient (Wildman–Crippen LogP) is 6.16. The fourth-order valence-electron chi connectivity index (χ4n) is 10.5. The summed E-state index contributed by atoms with van der Waals surface area (Å²) in [5.74, 6) is -7.84. The largest absolute Gasteiger partial charge is 0.460 e. The van der Waals surface area contributed by atoms with Gasteiger partial charge in [-0.25, -0.2) is 4.79 Å². The Morgan fingerprint density at radius 2 is 1.60 bits per heavy atom. The lowest BCUT2D eigenvalue weighted by Crippen LogP contribution is -2.61. The molecule has 0 aromatic carbocycles. The van der Waals surface area contributed by atoms with Crippen molar-refractivity contribution in [1.82, 2.24) is 4.90 Å². The van der Waals surface area contributed by atoms with Gasteiger partial charge in [-0.3, -0.25) is 19.2 Å². The highest BCUT2D eigenvalue weighted by Gasteiger charge is 2.53. The van der Waals surface area contributed by atoms with Gasteiger partial charge in [-0.15, -0.1) is 0 Å². The predicted molar refractivity (Wildman–Crippen MR) is 258 cm³/mol. The zero-order valence-electron chi connectivity index (χ0n) is 42.6. The van der Waals surface area contributed by atoms with Crippen LogP contribution in [0.5, 0.6) is 0 Å². The van der Waals surface area contributed by atoms with E-state index in [-0.39, 0.29) is 60.9 Å². The molecule has 0 unspecified atom stereocenters. The van der Waals surface area contributed by atoms with Gasteiger partial charge in [-0.2, -0.15) is 0 Å². The molecule has 1 saturated carbocycles. The maximum atomic E-state index is 14.5. The average molecular weight is 957 g/mol. The summed E-state index contributed by atoms with van der Waals surface area (Å²) in [6.07, 6.45) is 12.4. The first-order valence-corrected chi connectivity index (χ1v) is 25.1. The topological polar surface area (TPSA) is 210 Å². The molecule has 3 fully saturated rings. The van der Waals surface area contributed by atoms with E-state index in [0.29, 0.717) is 70.1 Å². The third-order valence-electron chi connectivity index (χ3n) is 14.9. The number of fused-ring (bicyclic) bond motifs is 3. The third-order valence-corrected chi connectivity index (χ3v) is 14.9. The van der Waals surface area contributed by atoms with Crippen molar-refractivity contribution in [3.63, 3.8) is 0 Å². The molecule has 4 N–H and O–H groups in total. The van der Waals surface area contributed by atoms with Gasteiger partial charge in [0, 0.05) is 65.0 Å². The van der Waals surface area contributed by atoms with Crippen molar-refractivity contribution >= 4 is 29.2 Å². The van der Waals surface area contributed by atoms with Crippen LogP contribution in [0, 0.1) is 35.5 Å². The second-order valence-electron chi connectivity index (χ2n) is 20.2. The molecule has 15 atom stereocenters. The summed E-state index contributed by atoms with van der Waals surface area (Å²) in [7, 11) is 4.62. The number of carbonyl (C=O) groups is 5. The van der Waals surface area contributed by atoms with E-state index in [0.717, 1.165) is 18.4 Å². The number of nitrogens with zero attached hydrogens (tertiary/aromatic N) is 1. The molecule has 4 aliphatic rings. The van der Waals surface area contributed by atoms with Crippen molar-refractivity contribution in [3.05, 3.63) is 47.6 Å². The number of ether oxygens (including phenoxy) is 6. The van der Waals surface area contributed by atoms with Crippen LogP contribution in [0.25, 0.3) is 0 Å². The van der Waals surface area contributed by atoms with Gasteiger partial charge < -0.3 is 49.3 Å². The maximum Gasteiger partial charge on any atom is 0.329 e. The molecule has 384 valence electrons. The molecule has 68 heavy (non-hydrogen) atoms. The molecule has 15 nitrogen and oxygen atoms in total. The first-order valence-electron chi connectivity index (χ1n) is 25.1. The van der Waals surface area contributed by atoms with Gasteiger partial charge in [0.25, 0.3) is 11.7 Å². The minimum absolute atomic E-state index is 0.0199. The third kappa shape index (κ3) is 15.3. The minimum Gasteiger partial charge on any atom is -0.460 e. The summed E-state index contributed by atoms with van der Waals surface area (Å²) < 4.78 is 35.8. The fraction of sp³-hybridized carbons (Fsp3) is 0.755. The van der Waals surface area contributed by atoms with Crippen molar-refractivity contribution in [1.29, 1.82) is 0 Å². The number of aliphatic hydroxyl groups excluding tert-OH is 1. The number of carbonyl (C=O) groups excluding carboxylic acids is 5. The Morgan fingerprint density at radius 3 is 2.28 bits per heavy atom. The highest BCUT2D eigenvalue weighted by atomic mass is 16.6. The number of ketones is 3. The molecule has 1 aliphatic carbocycles. The molecule has 4 rings (SSSR count). The summed E-state index contributed by atoms with van der Waals surface area (Å²) in [4.78, 5) is 72.2. The second kappa shape index (κ2) is 27.3. The lowest BCUT2D eigenvalue weighted by Gasteiger charge is -2.42. The molecule has 0 aromatic rings. The molecule has 0 spiro atoms. The molecule has 2 bridgehead atoms. The molecule has 1 amide bonds. The quantitative estimate of drug-likeness (QED) is 0.134. The summed E-state index contributed by atoms with van der Waals surface area (Å²) in [5.41, 5.74) is 6.99. The Morgan fingerprint density at radius 1 is 0.868 bits per heavy atom. The van der Waals surface area contributed by atoms with Crippen molar-refractivity contribution in [2.24, 2.45) is 41.2 Å². The summed E-state index contributed by atoms with van der Waals surface area (Å²) in [6, 6.07) is -1.13. The van der Waals surface area contributed by atoms with Crippen molar-refractivity contribution < 1.29 is 62.6 Å². The van der Waals surface area contributed by atoms with Gasteiger partial charge in [-0.05, 0) is 107 Å². The van der Waals surface area contributed by atoms with Crippen LogP contribution in [0.15, 0.2) is 47.6 Å². The average Bonchev–Trinajstić information content (AvgIpc) is 3.32. The maximum absolute atomic E-state index is 14.5. The van der Waals surface area contributed by atoms with E-state index in [1.54, 1.807) is 41.1 Å². The van der Waals surface area contributed by atoms with Gasteiger partial charge in [0.15, 0.2) is 5.78 Å². The Labute approximate surface area is 405 Å². The number of cyclic esters (lactones) is 1. The van der Waals surface area contributed by atoms with Gasteiger partial charge in [0.05, 0.1) is 31.0 Å². The normalized spacial score (nSPS) is 39.2. The van der Waals surface area contributed by atoms with Crippen LogP contribution in [0.3, 0.4) is 0 Å². The van der Waals surface area contributed by atoms with Crippen LogP contribution in [-0.4, -0.2) is 140 Å². The number of piperidine rings is 1. The van der Waals surface area contributed by atoms with Crippen LogP contribution in [0.1, 0.15) is 126 Å². The van der Waals surface area contributed by atoms with E-state index in [1.807, 2.05) is 58.1 Å². The zero-order chi connectivity index (χ0) is 50.3. The van der Waals surface area contributed by atoms with Crippen molar-refractivity contribution in [2.75, 3.05) is 41.0 Å². The Bertz CT molecular complexity index is 1810. The first-order chi connectivity index (χ1) is 32.3. The number of methoxy groups -OCH3 is 3. The SMILES string of the molecule is CO[C@H]1C[C@@H]2CC[C@@H](C)[C@@](O)(O2)C(=O)C(=O)N2CCCC[C@H]2C(=O)O[C@H]([C@H](C)C[C@H]2CC[C@@H](OCCN)[C@H](OC)C2)CC(=O)[C@H](C)/C=C(\C)[C@@H](O)[C@@H](OC)C(=O)[C@H](C)C[C@H](C)\C=C/C=C/C=C/1C. The standard InChI is InChI=1S/C53H84N2O13/c1-32-16-12-11-13-17-33(2)44(63-8)30-40-21-19-38(7)53(62,68-40)50(59)51(60)55-24-15-14-18-41(55)52(61)67-45(35(4)28-39-20-22-43(66-25-23-54)46(29-39)64-9)31-42(56)34(3)27-37(6)48(58)49(65-10)47(57)36(5)26-32/h11-13,16-17,27,32,34-36,38-41,43-46,48-49,58,62H,14-15,18-26,28-31,54H2,1-10H3/b13-11+,16-12-,33-17+,37-27+/t32-,34-,35-,36-,38-,39-,40+,41+,43-,44+,45+,46-,48-,49+,53-/m1/s1. The number of hydrogen-bond donors (Lipinski definition) is 3. The summed E-state index contributed by atoms with van der Waals surface area (Å²) in [6.45, 7) is 13.7. The fourth-order valence-corrected chi connectivity index (χ4v) is 10.5. The summed E-state index contributed by atoms with van der Waals surface area (Å²) >= 11 is 0. The highest BCUT2D eigenvalue weighted by molar-refractivity contribution is 6.39. The Hall–Kier alpha value is -3.41. The van der Waals surface area contributed by atoms with Crippen molar-refractivity contribution in [3.8, 4) is 0 Å². The Kier molecular flexibility index (Phi) is 22.9. The number of allylic oxidation sites excluding steroid dienone is 6. The lowest BCUT2D eigenvalue weighted by molar-refractivity contribution is -0.265. The van der Waals surface area contributed by atoms with E-state index in [2.05, 4.69) is 0 Å². The van der Waals surface area contributed by atoms with Gasteiger partial charge in [0.1, 0.15) is 30.1 Å². The van der Waals surface area contributed by atoms with Gasteiger partial charge in [-0.1, -0.05) is 71.1 Å². The number of rotatable bonds is 9. The number of esters is 1. The molecular formula is C53H84N2O13. The van der Waals surface area contributed by atoms with E-state index in [1.165, 1.54) is 12.0 Å². The van der Waals surface area contributed by atoms with E-state index >= 15 is 0 Å². The highest BCUT2D eigenvalue weighted by Crippen LogP contribution is 2.38. The smallest absolute Gasteiger partial charge is 0.329 e. The van der Waals surface area contributed by atoms with Crippen LogP contribution >= 0.6 is 0 Å². The van der Waals surface area contributed by atoms with Gasteiger partial charge >= 0.3 is 5.97 Å². The second-order valence-corrected chi connectivity index (χ2v) is 20.2. The zero-order valence-corrected chi connectivity index (χ0v) is 42.6. The van der Waals surface area contributed by atoms with Crippen LogP contribution < -0.4 is 5.73 Å². The monoisotopic (exact) mass is 957 g/mol. The van der Waals surface area contributed by atoms with Crippen molar-refractivity contribution in [2.45, 2.75) is 180 Å². The van der Waals surface area contributed by atoms with E-state index in [9.17, 15) is 34.2 Å². The van der Waals surface area contributed by atoms with Gasteiger partial charge in [0.2, 0.25) is 5.79 Å². The molecule has 15 heteroatoms. The van der Waals surface area contributed by atoms with E-state index < -0.39 is 77.8 Å². The molecule has 3 heterocycles. The minimum atomic E-state index is -2.43. The number of aliphatic hydroxyl groups is 2. The molecular weight excluding hydrogens is 873 g/mol.